The molecule has 3 nitrogen and oxygen atoms in total. The average molecular weight is 361 g/mol. The summed E-state index contributed by atoms with van der Waals surface area (Å²) in [5, 5.41) is 2.73. The molecule has 0 bridgehead atoms. The summed E-state index contributed by atoms with van der Waals surface area (Å²) in [6.45, 7) is 2.40. The maximum Gasteiger partial charge on any atom is 0.258 e. The largest absolute Gasteiger partial charge is 0.436 e. The minimum absolute atomic E-state index is 0.0885. The van der Waals surface area contributed by atoms with E-state index in [1.165, 1.54) is 12.1 Å². The van der Waals surface area contributed by atoms with Crippen molar-refractivity contribution >= 4 is 21.7 Å². The fourth-order valence-corrected chi connectivity index (χ4v) is 1.90. The summed E-state index contributed by atoms with van der Waals surface area (Å²) in [6.07, 6.45) is 0.763. The fourth-order valence-electron chi connectivity index (χ4n) is 1.54. The Morgan fingerprint density at radius 1 is 1.14 bits per heavy atom. The van der Waals surface area contributed by atoms with Crippen LogP contribution >= 0.6 is 15.9 Å². The molecule has 0 saturated heterocycles. The Balaban J connectivity index is 2.28. The van der Waals surface area contributed by atoms with Gasteiger partial charge < -0.3 is 10.1 Å². The van der Waals surface area contributed by atoms with Gasteiger partial charge in [0.1, 0.15) is 11.6 Å². The van der Waals surface area contributed by atoms with Crippen LogP contribution < -0.4 is 10.1 Å². The van der Waals surface area contributed by atoms with Gasteiger partial charge in [-0.3, -0.25) is 0 Å². The smallest absolute Gasteiger partial charge is 0.258 e. The van der Waals surface area contributed by atoms with Crippen molar-refractivity contribution < 1.29 is 17.9 Å². The van der Waals surface area contributed by atoms with Crippen LogP contribution in [0.3, 0.4) is 0 Å². The first kappa shape index (κ1) is 15.6. The molecule has 112 valence electrons. The first-order valence-electron chi connectivity index (χ1n) is 6.24. The molecular formula is C14H12BrF3N2O. The van der Waals surface area contributed by atoms with E-state index in [2.05, 4.69) is 26.2 Å². The minimum atomic E-state index is -0.935. The van der Waals surface area contributed by atoms with Crippen molar-refractivity contribution in [3.63, 3.8) is 0 Å². The van der Waals surface area contributed by atoms with Crippen molar-refractivity contribution in [3.05, 3.63) is 46.2 Å². The molecule has 0 unspecified atom stereocenters. The molecule has 1 heterocycles. The fraction of sp³-hybridized carbons (Fsp3) is 0.214. The van der Waals surface area contributed by atoms with Crippen LogP contribution in [0.25, 0.3) is 0 Å². The number of pyridine rings is 1. The molecule has 0 spiro atoms. The van der Waals surface area contributed by atoms with Crippen LogP contribution in [-0.2, 0) is 0 Å². The zero-order chi connectivity index (χ0) is 15.4. The van der Waals surface area contributed by atoms with Crippen LogP contribution in [0, 0.1) is 17.5 Å². The number of rotatable bonds is 5. The van der Waals surface area contributed by atoms with E-state index in [-0.39, 0.29) is 21.9 Å². The third-order valence-electron chi connectivity index (χ3n) is 2.55. The maximum absolute atomic E-state index is 13.7. The van der Waals surface area contributed by atoms with Gasteiger partial charge in [0.15, 0.2) is 17.5 Å². The van der Waals surface area contributed by atoms with E-state index in [9.17, 15) is 13.2 Å². The molecule has 21 heavy (non-hydrogen) atoms. The third-order valence-corrected chi connectivity index (χ3v) is 3.15. The van der Waals surface area contributed by atoms with Crippen molar-refractivity contribution in [1.29, 1.82) is 0 Å². The molecule has 0 fully saturated rings. The molecule has 0 aliphatic carbocycles. The Morgan fingerprint density at radius 2 is 1.90 bits per heavy atom. The molecule has 0 radical (unpaired) electrons. The number of anilines is 1. The lowest BCUT2D eigenvalue weighted by Gasteiger charge is -2.10. The Morgan fingerprint density at radius 3 is 2.57 bits per heavy atom. The summed E-state index contributed by atoms with van der Waals surface area (Å²) >= 11 is 3.00. The molecular weight excluding hydrogens is 349 g/mol. The van der Waals surface area contributed by atoms with Crippen molar-refractivity contribution in [2.75, 3.05) is 11.9 Å². The van der Waals surface area contributed by atoms with Crippen molar-refractivity contribution in [2.24, 2.45) is 0 Å². The number of benzene rings is 1. The van der Waals surface area contributed by atoms with E-state index in [1.54, 1.807) is 0 Å². The molecule has 1 N–H and O–H groups in total. The van der Waals surface area contributed by atoms with Gasteiger partial charge in [-0.1, -0.05) is 6.92 Å². The zero-order valence-corrected chi connectivity index (χ0v) is 12.7. The molecule has 0 saturated carbocycles. The monoisotopic (exact) mass is 360 g/mol. The summed E-state index contributed by atoms with van der Waals surface area (Å²) in [5.41, 5.74) is 0. The van der Waals surface area contributed by atoms with Gasteiger partial charge in [-0.15, -0.1) is 0 Å². The van der Waals surface area contributed by atoms with E-state index < -0.39 is 17.5 Å². The van der Waals surface area contributed by atoms with Crippen LogP contribution in [0.2, 0.25) is 0 Å². The van der Waals surface area contributed by atoms with Gasteiger partial charge >= 0.3 is 0 Å². The van der Waals surface area contributed by atoms with Crippen molar-refractivity contribution in [2.45, 2.75) is 13.3 Å². The predicted octanol–water partition coefficient (Wildman–Crippen LogP) is 4.88. The summed E-state index contributed by atoms with van der Waals surface area (Å²) < 4.78 is 45.7. The van der Waals surface area contributed by atoms with Gasteiger partial charge in [-0.05, 0) is 40.5 Å². The average Bonchev–Trinajstić information content (AvgIpc) is 2.44. The first-order valence-corrected chi connectivity index (χ1v) is 7.03. The van der Waals surface area contributed by atoms with Crippen LogP contribution in [0.4, 0.5) is 19.0 Å². The molecule has 1 aromatic carbocycles. The van der Waals surface area contributed by atoms with Gasteiger partial charge in [-0.2, -0.15) is 4.98 Å². The highest BCUT2D eigenvalue weighted by atomic mass is 79.9. The van der Waals surface area contributed by atoms with Crippen LogP contribution in [0.5, 0.6) is 11.6 Å². The van der Waals surface area contributed by atoms with E-state index in [4.69, 9.17) is 4.74 Å². The van der Waals surface area contributed by atoms with Gasteiger partial charge in [0, 0.05) is 12.6 Å². The highest BCUT2D eigenvalue weighted by Crippen LogP contribution is 2.28. The van der Waals surface area contributed by atoms with Gasteiger partial charge in [0.2, 0.25) is 0 Å². The molecule has 0 atom stereocenters. The Hall–Kier alpha value is -1.76. The number of hydrogen-bond acceptors (Lipinski definition) is 3. The number of halogens is 4. The standard InChI is InChI=1S/C14H12BrF3N2O/c1-2-5-19-13-11(17)7-12(18)14(20-13)21-8-3-4-10(16)9(15)6-8/h3-4,6-7H,2,5H2,1H3,(H,19,20). The normalized spacial score (nSPS) is 10.5. The van der Waals surface area contributed by atoms with Gasteiger partial charge in [-0.25, -0.2) is 13.2 Å². The zero-order valence-electron chi connectivity index (χ0n) is 11.1. The quantitative estimate of drug-likeness (QED) is 0.825. The minimum Gasteiger partial charge on any atom is -0.436 e. The highest BCUT2D eigenvalue weighted by Gasteiger charge is 2.14. The maximum atomic E-state index is 13.7. The second-order valence-electron chi connectivity index (χ2n) is 4.21. The molecule has 7 heteroatoms. The number of aromatic nitrogens is 1. The van der Waals surface area contributed by atoms with Crippen LogP contribution in [-0.4, -0.2) is 11.5 Å². The molecule has 2 aromatic rings. The van der Waals surface area contributed by atoms with Gasteiger partial charge in [0.25, 0.3) is 5.88 Å². The van der Waals surface area contributed by atoms with Gasteiger partial charge in [0.05, 0.1) is 4.47 Å². The predicted molar refractivity (Wildman–Crippen MR) is 77.1 cm³/mol. The highest BCUT2D eigenvalue weighted by molar-refractivity contribution is 9.10. The molecule has 2 rings (SSSR count). The number of hydrogen-bond donors (Lipinski definition) is 1. The Kier molecular flexibility index (Phi) is 5.06. The second-order valence-corrected chi connectivity index (χ2v) is 5.06. The molecule has 0 amide bonds. The number of nitrogens with one attached hydrogen (secondary N) is 1. The lowest BCUT2D eigenvalue weighted by molar-refractivity contribution is 0.416. The lowest BCUT2D eigenvalue weighted by Crippen LogP contribution is -2.06. The summed E-state index contributed by atoms with van der Waals surface area (Å²) in [7, 11) is 0. The third kappa shape index (κ3) is 3.87. The Bertz CT molecular complexity index is 652. The SMILES string of the molecule is CCCNc1nc(Oc2ccc(F)c(Br)c2)c(F)cc1F. The van der Waals surface area contributed by atoms with E-state index in [1.807, 2.05) is 6.92 Å². The summed E-state index contributed by atoms with van der Waals surface area (Å²) in [6, 6.07) is 4.51. The second kappa shape index (κ2) is 6.80. The Labute approximate surface area is 128 Å². The van der Waals surface area contributed by atoms with Crippen molar-refractivity contribution in [1.82, 2.24) is 4.98 Å². The summed E-state index contributed by atoms with van der Waals surface area (Å²) in [4.78, 5) is 3.76. The van der Waals surface area contributed by atoms with E-state index >= 15 is 0 Å². The summed E-state index contributed by atoms with van der Waals surface area (Å²) in [5.74, 6) is -2.49. The molecule has 0 aliphatic rings. The van der Waals surface area contributed by atoms with E-state index in [0.29, 0.717) is 12.6 Å². The number of ether oxygens (including phenoxy) is 1. The first-order chi connectivity index (χ1) is 10.0. The lowest BCUT2D eigenvalue weighted by atomic mass is 10.3. The van der Waals surface area contributed by atoms with Crippen LogP contribution in [0.1, 0.15) is 13.3 Å². The molecule has 0 aliphatic heterocycles. The van der Waals surface area contributed by atoms with Crippen molar-refractivity contribution in [3.8, 4) is 11.6 Å². The topological polar surface area (TPSA) is 34.2 Å². The molecule has 1 aromatic heterocycles. The number of nitrogens with zero attached hydrogens (tertiary/aromatic N) is 1. The van der Waals surface area contributed by atoms with E-state index in [0.717, 1.165) is 12.5 Å². The van der Waals surface area contributed by atoms with Crippen LogP contribution in [0.15, 0.2) is 28.7 Å².